The van der Waals surface area contributed by atoms with Gasteiger partial charge in [-0.15, -0.1) is 0 Å². The normalized spacial score (nSPS) is 12.0. The molecule has 1 N–H and O–H groups in total. The molecule has 2 amide bonds. The van der Waals surface area contributed by atoms with E-state index in [1.807, 2.05) is 68.4 Å². The molecule has 3 aromatic carbocycles. The van der Waals surface area contributed by atoms with Crippen molar-refractivity contribution in [3.63, 3.8) is 0 Å². The molecule has 0 heterocycles. The van der Waals surface area contributed by atoms with Crippen LogP contribution in [0.1, 0.15) is 36.5 Å². The summed E-state index contributed by atoms with van der Waals surface area (Å²) in [6.07, 6.45) is 3.11. The summed E-state index contributed by atoms with van der Waals surface area (Å²) >= 11 is 3.38. The number of carbonyl (C=O) groups excluding carboxylic acids is 2. The average molecular weight is 615 g/mol. The van der Waals surface area contributed by atoms with Crippen molar-refractivity contribution in [3.8, 4) is 0 Å². The van der Waals surface area contributed by atoms with E-state index in [0.29, 0.717) is 23.1 Å². The molecular weight excluding hydrogens is 578 g/mol. The van der Waals surface area contributed by atoms with Gasteiger partial charge in [-0.1, -0.05) is 95.5 Å². The van der Waals surface area contributed by atoms with Crippen molar-refractivity contribution >= 4 is 43.5 Å². The monoisotopic (exact) mass is 613 g/mol. The summed E-state index contributed by atoms with van der Waals surface area (Å²) in [6.45, 7) is 4.25. The highest BCUT2D eigenvalue weighted by atomic mass is 79.9. The van der Waals surface area contributed by atoms with Crippen molar-refractivity contribution in [1.29, 1.82) is 0 Å². The van der Waals surface area contributed by atoms with Crippen LogP contribution in [0, 0.1) is 6.92 Å². The third-order valence-corrected chi connectivity index (χ3v) is 7.98. The maximum Gasteiger partial charge on any atom is 0.244 e. The summed E-state index contributed by atoms with van der Waals surface area (Å²) in [5.74, 6) is -0.728. The molecule has 7 nitrogen and oxygen atoms in total. The standard InChI is InChI=1S/C30H36BrN3O4S/c1-4-5-18-32-30(36)28(19-24-10-7-6-8-11-24)33(21-25-16-14-23(2)15-17-25)29(35)22-34(39(3,37)38)27-13-9-12-26(31)20-27/h6-17,20,28H,4-5,18-19,21-22H2,1-3H3,(H,32,36)/t28-/m0/s1. The molecule has 208 valence electrons. The Bertz CT molecular complexity index is 1350. The van der Waals surface area contributed by atoms with E-state index in [0.717, 1.165) is 40.1 Å². The molecule has 0 aliphatic carbocycles. The van der Waals surface area contributed by atoms with Crippen molar-refractivity contribution in [1.82, 2.24) is 10.2 Å². The molecule has 0 saturated carbocycles. The molecule has 3 rings (SSSR count). The third-order valence-electron chi connectivity index (χ3n) is 6.35. The summed E-state index contributed by atoms with van der Waals surface area (Å²) in [4.78, 5) is 29.1. The van der Waals surface area contributed by atoms with E-state index >= 15 is 0 Å². The fraction of sp³-hybridized carbons (Fsp3) is 0.333. The zero-order chi connectivity index (χ0) is 28.4. The van der Waals surface area contributed by atoms with Gasteiger partial charge in [-0.3, -0.25) is 13.9 Å². The van der Waals surface area contributed by atoms with Crippen molar-refractivity contribution < 1.29 is 18.0 Å². The van der Waals surface area contributed by atoms with Crippen molar-refractivity contribution in [2.45, 2.75) is 45.7 Å². The molecule has 0 spiro atoms. The van der Waals surface area contributed by atoms with Crippen LogP contribution in [-0.4, -0.2) is 50.5 Å². The third kappa shape index (κ3) is 9.21. The minimum absolute atomic E-state index is 0.161. The van der Waals surface area contributed by atoms with Crippen molar-refractivity contribution in [3.05, 3.63) is 100 Å². The highest BCUT2D eigenvalue weighted by Gasteiger charge is 2.33. The van der Waals surface area contributed by atoms with E-state index in [4.69, 9.17) is 0 Å². The van der Waals surface area contributed by atoms with Crippen LogP contribution in [-0.2, 0) is 32.6 Å². The molecule has 0 fully saturated rings. The Morgan fingerprint density at radius 3 is 2.26 bits per heavy atom. The van der Waals surface area contributed by atoms with Crippen molar-refractivity contribution in [2.24, 2.45) is 0 Å². The summed E-state index contributed by atoms with van der Waals surface area (Å²) in [5, 5.41) is 2.99. The van der Waals surface area contributed by atoms with E-state index in [9.17, 15) is 18.0 Å². The van der Waals surface area contributed by atoms with Crippen LogP contribution in [0.5, 0.6) is 0 Å². The minimum Gasteiger partial charge on any atom is -0.354 e. The molecule has 9 heteroatoms. The lowest BCUT2D eigenvalue weighted by Crippen LogP contribution is -2.53. The van der Waals surface area contributed by atoms with Crippen LogP contribution < -0.4 is 9.62 Å². The van der Waals surface area contributed by atoms with Gasteiger partial charge in [0.05, 0.1) is 11.9 Å². The Kier molecular flexibility index (Phi) is 11.1. The number of carbonyl (C=O) groups is 2. The van der Waals surface area contributed by atoms with E-state index in [1.165, 1.54) is 4.90 Å². The van der Waals surface area contributed by atoms with Crippen LogP contribution in [0.3, 0.4) is 0 Å². The molecule has 0 radical (unpaired) electrons. The lowest BCUT2D eigenvalue weighted by atomic mass is 10.0. The number of aryl methyl sites for hydroxylation is 1. The van der Waals surface area contributed by atoms with Gasteiger partial charge in [0.15, 0.2) is 0 Å². The zero-order valence-corrected chi connectivity index (χ0v) is 25.0. The maximum absolute atomic E-state index is 14.0. The number of unbranched alkanes of at least 4 members (excludes halogenated alkanes) is 1. The summed E-state index contributed by atoms with van der Waals surface area (Å²) < 4.78 is 27.4. The topological polar surface area (TPSA) is 86.8 Å². The second-order valence-electron chi connectivity index (χ2n) is 9.61. The number of amides is 2. The van der Waals surface area contributed by atoms with Crippen LogP contribution in [0.25, 0.3) is 0 Å². The highest BCUT2D eigenvalue weighted by Crippen LogP contribution is 2.23. The second-order valence-corrected chi connectivity index (χ2v) is 12.4. The Hall–Kier alpha value is -3.17. The number of hydrogen-bond acceptors (Lipinski definition) is 4. The first-order valence-corrected chi connectivity index (χ1v) is 15.6. The predicted octanol–water partition coefficient (Wildman–Crippen LogP) is 5.08. The minimum atomic E-state index is -3.80. The molecule has 0 aliphatic rings. The first kappa shape index (κ1) is 30.4. The zero-order valence-electron chi connectivity index (χ0n) is 22.6. The van der Waals surface area contributed by atoms with Gasteiger partial charge in [-0.2, -0.15) is 0 Å². The summed E-state index contributed by atoms with van der Waals surface area (Å²) in [6, 6.07) is 23.2. The van der Waals surface area contributed by atoms with E-state index in [2.05, 4.69) is 21.2 Å². The van der Waals surface area contributed by atoms with Gasteiger partial charge in [-0.25, -0.2) is 8.42 Å². The SMILES string of the molecule is CCCCNC(=O)[C@H](Cc1ccccc1)N(Cc1ccc(C)cc1)C(=O)CN(c1cccc(Br)c1)S(C)(=O)=O. The smallest absolute Gasteiger partial charge is 0.244 e. The molecule has 39 heavy (non-hydrogen) atoms. The van der Waals surface area contributed by atoms with E-state index in [-0.39, 0.29) is 12.5 Å². The number of nitrogens with one attached hydrogen (secondary N) is 1. The fourth-order valence-corrected chi connectivity index (χ4v) is 5.42. The molecule has 1 atom stereocenters. The van der Waals surface area contributed by atoms with Crippen LogP contribution in [0.15, 0.2) is 83.3 Å². The molecule has 0 bridgehead atoms. The van der Waals surface area contributed by atoms with E-state index in [1.54, 1.807) is 24.3 Å². The second kappa shape index (κ2) is 14.3. The van der Waals surface area contributed by atoms with Gasteiger partial charge >= 0.3 is 0 Å². The number of sulfonamides is 1. The number of halogens is 1. The average Bonchev–Trinajstić information content (AvgIpc) is 2.90. The molecule has 0 unspecified atom stereocenters. The molecular formula is C30H36BrN3O4S. The van der Waals surface area contributed by atoms with Crippen molar-refractivity contribution in [2.75, 3.05) is 23.7 Å². The van der Waals surface area contributed by atoms with Gasteiger partial charge in [0.2, 0.25) is 21.8 Å². The van der Waals surface area contributed by atoms with Gasteiger partial charge < -0.3 is 10.2 Å². The Morgan fingerprint density at radius 1 is 0.949 bits per heavy atom. The first-order chi connectivity index (χ1) is 18.6. The van der Waals surface area contributed by atoms with Gasteiger partial charge in [0.25, 0.3) is 0 Å². The largest absolute Gasteiger partial charge is 0.354 e. The molecule has 0 aliphatic heterocycles. The number of rotatable bonds is 13. The van der Waals surface area contributed by atoms with E-state index < -0.39 is 28.5 Å². The Labute approximate surface area is 240 Å². The summed E-state index contributed by atoms with van der Waals surface area (Å²) in [5.41, 5.74) is 3.19. The maximum atomic E-state index is 14.0. The number of nitrogens with zero attached hydrogens (tertiary/aromatic N) is 2. The quantitative estimate of drug-likeness (QED) is 0.272. The number of benzene rings is 3. The number of hydrogen-bond donors (Lipinski definition) is 1. The highest BCUT2D eigenvalue weighted by molar-refractivity contribution is 9.10. The fourth-order valence-electron chi connectivity index (χ4n) is 4.20. The molecule has 0 aromatic heterocycles. The molecule has 0 saturated heterocycles. The van der Waals surface area contributed by atoms with Gasteiger partial charge in [0.1, 0.15) is 12.6 Å². The lowest BCUT2D eigenvalue weighted by Gasteiger charge is -2.33. The Morgan fingerprint density at radius 2 is 1.64 bits per heavy atom. The first-order valence-electron chi connectivity index (χ1n) is 13.0. The van der Waals surface area contributed by atoms with Crippen LogP contribution >= 0.6 is 15.9 Å². The van der Waals surface area contributed by atoms with Crippen LogP contribution in [0.2, 0.25) is 0 Å². The lowest BCUT2D eigenvalue weighted by molar-refractivity contribution is -0.140. The van der Waals surface area contributed by atoms with Gasteiger partial charge in [0, 0.05) is 24.0 Å². The van der Waals surface area contributed by atoms with Crippen LogP contribution in [0.4, 0.5) is 5.69 Å². The predicted molar refractivity (Wildman–Crippen MR) is 160 cm³/mol. The summed E-state index contributed by atoms with van der Waals surface area (Å²) in [7, 11) is -3.80. The van der Waals surface area contributed by atoms with Gasteiger partial charge in [-0.05, 0) is 42.7 Å². The Balaban J connectivity index is 2.02. The molecule has 3 aromatic rings. The number of anilines is 1.